The van der Waals surface area contributed by atoms with Crippen LogP contribution in [0.4, 0.5) is 0 Å². The quantitative estimate of drug-likeness (QED) is 0.786. The summed E-state index contributed by atoms with van der Waals surface area (Å²) in [5.41, 5.74) is 1.17. The SMILES string of the molecule is CNC(CCN(C)CCOC)c1ccccc1Cl. The van der Waals surface area contributed by atoms with Crippen molar-refractivity contribution in [1.82, 2.24) is 10.2 Å². The van der Waals surface area contributed by atoms with Crippen molar-refractivity contribution >= 4 is 11.6 Å². The van der Waals surface area contributed by atoms with E-state index in [1.165, 1.54) is 5.56 Å². The van der Waals surface area contributed by atoms with E-state index in [0.29, 0.717) is 6.04 Å². The van der Waals surface area contributed by atoms with Crippen LogP contribution in [0, 0.1) is 0 Å². The van der Waals surface area contributed by atoms with E-state index in [2.05, 4.69) is 23.3 Å². The average molecular weight is 271 g/mol. The minimum atomic E-state index is 0.295. The zero-order valence-electron chi connectivity index (χ0n) is 11.4. The lowest BCUT2D eigenvalue weighted by atomic mass is 10.0. The van der Waals surface area contributed by atoms with E-state index in [0.717, 1.165) is 31.1 Å². The van der Waals surface area contributed by atoms with Crippen LogP contribution in [0.3, 0.4) is 0 Å². The van der Waals surface area contributed by atoms with Crippen molar-refractivity contribution in [3.8, 4) is 0 Å². The van der Waals surface area contributed by atoms with Crippen molar-refractivity contribution in [2.24, 2.45) is 0 Å². The standard InChI is InChI=1S/C14H23ClN2O/c1-16-14(8-9-17(2)10-11-18-3)12-6-4-5-7-13(12)15/h4-7,14,16H,8-11H2,1-3H3. The number of nitrogens with zero attached hydrogens (tertiary/aromatic N) is 1. The molecule has 0 bridgehead atoms. The molecule has 0 aromatic heterocycles. The van der Waals surface area contributed by atoms with Crippen LogP contribution in [0.1, 0.15) is 18.0 Å². The van der Waals surface area contributed by atoms with Crippen LogP contribution in [0.25, 0.3) is 0 Å². The van der Waals surface area contributed by atoms with Gasteiger partial charge in [0.2, 0.25) is 0 Å². The highest BCUT2D eigenvalue weighted by atomic mass is 35.5. The molecule has 0 radical (unpaired) electrons. The Morgan fingerprint density at radius 2 is 2.06 bits per heavy atom. The summed E-state index contributed by atoms with van der Waals surface area (Å²) in [5, 5.41) is 4.16. The average Bonchev–Trinajstić information content (AvgIpc) is 2.39. The lowest BCUT2D eigenvalue weighted by Crippen LogP contribution is -2.28. The molecular formula is C14H23ClN2O. The van der Waals surface area contributed by atoms with Gasteiger partial charge in [0, 0.05) is 24.7 Å². The fourth-order valence-corrected chi connectivity index (χ4v) is 2.19. The third-order valence-corrected chi connectivity index (χ3v) is 3.45. The number of rotatable bonds is 8. The van der Waals surface area contributed by atoms with Crippen molar-refractivity contribution < 1.29 is 4.74 Å². The van der Waals surface area contributed by atoms with Gasteiger partial charge in [-0.2, -0.15) is 0 Å². The van der Waals surface area contributed by atoms with E-state index < -0.39 is 0 Å². The second-order valence-electron chi connectivity index (χ2n) is 4.45. The van der Waals surface area contributed by atoms with Gasteiger partial charge in [-0.3, -0.25) is 0 Å². The maximum absolute atomic E-state index is 6.22. The highest BCUT2D eigenvalue weighted by Crippen LogP contribution is 2.24. The molecule has 1 aromatic carbocycles. The third kappa shape index (κ3) is 4.94. The maximum Gasteiger partial charge on any atom is 0.0589 e. The number of hydrogen-bond acceptors (Lipinski definition) is 3. The van der Waals surface area contributed by atoms with Crippen LogP contribution in [-0.2, 0) is 4.74 Å². The van der Waals surface area contributed by atoms with Gasteiger partial charge in [-0.25, -0.2) is 0 Å². The molecule has 0 aliphatic rings. The molecule has 1 atom stereocenters. The molecular weight excluding hydrogens is 248 g/mol. The van der Waals surface area contributed by atoms with Crippen LogP contribution >= 0.6 is 11.6 Å². The molecule has 18 heavy (non-hydrogen) atoms. The Balaban J connectivity index is 2.50. The first-order valence-corrected chi connectivity index (χ1v) is 6.66. The van der Waals surface area contributed by atoms with Crippen molar-refractivity contribution in [2.45, 2.75) is 12.5 Å². The number of methoxy groups -OCH3 is 1. The van der Waals surface area contributed by atoms with E-state index in [4.69, 9.17) is 16.3 Å². The monoisotopic (exact) mass is 270 g/mol. The Morgan fingerprint density at radius 3 is 2.67 bits per heavy atom. The summed E-state index contributed by atoms with van der Waals surface area (Å²) >= 11 is 6.22. The summed E-state index contributed by atoms with van der Waals surface area (Å²) in [4.78, 5) is 2.27. The van der Waals surface area contributed by atoms with Crippen LogP contribution in [0.5, 0.6) is 0 Å². The number of benzene rings is 1. The van der Waals surface area contributed by atoms with Gasteiger partial charge in [0.05, 0.1) is 6.61 Å². The van der Waals surface area contributed by atoms with E-state index >= 15 is 0 Å². The summed E-state index contributed by atoms with van der Waals surface area (Å²) < 4.78 is 5.07. The summed E-state index contributed by atoms with van der Waals surface area (Å²) in [6, 6.07) is 8.31. The number of hydrogen-bond donors (Lipinski definition) is 1. The van der Waals surface area contributed by atoms with Gasteiger partial charge in [0.25, 0.3) is 0 Å². The van der Waals surface area contributed by atoms with Crippen molar-refractivity contribution in [1.29, 1.82) is 0 Å². The van der Waals surface area contributed by atoms with Gasteiger partial charge in [-0.1, -0.05) is 29.8 Å². The third-order valence-electron chi connectivity index (χ3n) is 3.11. The van der Waals surface area contributed by atoms with Gasteiger partial charge >= 0.3 is 0 Å². The number of nitrogens with one attached hydrogen (secondary N) is 1. The molecule has 0 aliphatic carbocycles. The highest BCUT2D eigenvalue weighted by molar-refractivity contribution is 6.31. The summed E-state index contributed by atoms with van der Waals surface area (Å²) in [7, 11) is 5.81. The molecule has 0 spiro atoms. The first kappa shape index (κ1) is 15.4. The number of ether oxygens (including phenoxy) is 1. The highest BCUT2D eigenvalue weighted by Gasteiger charge is 2.12. The predicted octanol–water partition coefficient (Wildman–Crippen LogP) is 2.57. The van der Waals surface area contributed by atoms with Crippen LogP contribution < -0.4 is 5.32 Å². The van der Waals surface area contributed by atoms with Gasteiger partial charge < -0.3 is 15.0 Å². The van der Waals surface area contributed by atoms with Gasteiger partial charge in [0.15, 0.2) is 0 Å². The van der Waals surface area contributed by atoms with Crippen molar-refractivity contribution in [2.75, 3.05) is 40.9 Å². The largest absolute Gasteiger partial charge is 0.383 e. The molecule has 1 N–H and O–H groups in total. The summed E-state index contributed by atoms with van der Waals surface area (Å²) in [6.45, 7) is 2.74. The second-order valence-corrected chi connectivity index (χ2v) is 4.85. The van der Waals surface area contributed by atoms with E-state index in [1.54, 1.807) is 7.11 Å². The summed E-state index contributed by atoms with van der Waals surface area (Å²) in [5.74, 6) is 0. The normalized spacial score (nSPS) is 12.9. The Labute approximate surface area is 115 Å². The van der Waals surface area contributed by atoms with E-state index in [1.807, 2.05) is 25.2 Å². The first-order chi connectivity index (χ1) is 8.69. The smallest absolute Gasteiger partial charge is 0.0589 e. The Bertz CT molecular complexity index is 346. The first-order valence-electron chi connectivity index (χ1n) is 6.28. The second kappa shape index (κ2) is 8.48. The van der Waals surface area contributed by atoms with Gasteiger partial charge in [-0.15, -0.1) is 0 Å². The van der Waals surface area contributed by atoms with Crippen molar-refractivity contribution in [3.63, 3.8) is 0 Å². The Hall–Kier alpha value is -0.610. The molecule has 3 nitrogen and oxygen atoms in total. The number of likely N-dealkylation sites (N-methyl/N-ethyl adjacent to an activating group) is 1. The minimum Gasteiger partial charge on any atom is -0.383 e. The lowest BCUT2D eigenvalue weighted by Gasteiger charge is -2.22. The fraction of sp³-hybridized carbons (Fsp3) is 0.571. The number of halogens is 1. The fourth-order valence-electron chi connectivity index (χ4n) is 1.92. The van der Waals surface area contributed by atoms with Crippen LogP contribution in [0.15, 0.2) is 24.3 Å². The molecule has 1 rings (SSSR count). The Kier molecular flexibility index (Phi) is 7.28. The zero-order valence-corrected chi connectivity index (χ0v) is 12.2. The Morgan fingerprint density at radius 1 is 1.33 bits per heavy atom. The molecule has 0 saturated carbocycles. The predicted molar refractivity (Wildman–Crippen MR) is 77.2 cm³/mol. The van der Waals surface area contributed by atoms with Gasteiger partial charge in [-0.05, 0) is 38.7 Å². The molecule has 1 unspecified atom stereocenters. The topological polar surface area (TPSA) is 24.5 Å². The molecule has 0 amide bonds. The zero-order chi connectivity index (χ0) is 13.4. The van der Waals surface area contributed by atoms with Gasteiger partial charge in [0.1, 0.15) is 0 Å². The maximum atomic E-state index is 6.22. The lowest BCUT2D eigenvalue weighted by molar-refractivity contribution is 0.159. The molecule has 0 saturated heterocycles. The minimum absolute atomic E-state index is 0.295. The van der Waals surface area contributed by atoms with E-state index in [9.17, 15) is 0 Å². The van der Waals surface area contributed by atoms with Crippen molar-refractivity contribution in [3.05, 3.63) is 34.9 Å². The summed E-state index contributed by atoms with van der Waals surface area (Å²) in [6.07, 6.45) is 1.03. The molecule has 102 valence electrons. The van der Waals surface area contributed by atoms with Crippen LogP contribution in [0.2, 0.25) is 5.02 Å². The van der Waals surface area contributed by atoms with E-state index in [-0.39, 0.29) is 0 Å². The molecule has 0 aliphatic heterocycles. The molecule has 0 fully saturated rings. The molecule has 4 heteroatoms. The molecule has 1 aromatic rings. The molecule has 0 heterocycles. The van der Waals surface area contributed by atoms with Crippen LogP contribution in [-0.4, -0.2) is 45.8 Å².